The highest BCUT2D eigenvalue weighted by Gasteiger charge is 2.42. The largest absolute Gasteiger partial charge is 0.481 e. The molecule has 1 saturated carbocycles. The second kappa shape index (κ2) is 4.88. The minimum atomic E-state index is -0.775. The smallest absolute Gasteiger partial charge is 0.311 e. The van der Waals surface area contributed by atoms with Crippen LogP contribution in [0.1, 0.15) is 24.8 Å². The summed E-state index contributed by atoms with van der Waals surface area (Å²) < 4.78 is 0. The predicted molar refractivity (Wildman–Crippen MR) is 66.6 cm³/mol. The van der Waals surface area contributed by atoms with Gasteiger partial charge in [0, 0.05) is 6.54 Å². The van der Waals surface area contributed by atoms with Crippen molar-refractivity contribution in [1.29, 1.82) is 0 Å². The Bertz CT molecular complexity index is 386. The summed E-state index contributed by atoms with van der Waals surface area (Å²) in [6.45, 7) is 0.216. The van der Waals surface area contributed by atoms with Crippen molar-refractivity contribution in [3.05, 3.63) is 35.9 Å². The van der Waals surface area contributed by atoms with E-state index < -0.39 is 11.4 Å². The van der Waals surface area contributed by atoms with Crippen LogP contribution in [0.3, 0.4) is 0 Å². The molecule has 1 atom stereocenters. The molecule has 1 aromatic carbocycles. The zero-order valence-corrected chi connectivity index (χ0v) is 9.93. The SMILES string of the molecule is NCC(Cc1ccccc1)(CC1CC1)C(=O)O. The average Bonchev–Trinajstić information content (AvgIpc) is 3.13. The van der Waals surface area contributed by atoms with Crippen molar-refractivity contribution < 1.29 is 9.90 Å². The molecular formula is C14H19NO2. The summed E-state index contributed by atoms with van der Waals surface area (Å²) in [5.74, 6) is -0.186. The fourth-order valence-corrected chi connectivity index (χ4v) is 2.34. The van der Waals surface area contributed by atoms with Gasteiger partial charge in [-0.3, -0.25) is 4.79 Å². The van der Waals surface area contributed by atoms with Crippen LogP contribution in [0.2, 0.25) is 0 Å². The van der Waals surface area contributed by atoms with E-state index in [0.29, 0.717) is 18.8 Å². The first-order valence-electron chi connectivity index (χ1n) is 6.14. The Hall–Kier alpha value is -1.35. The summed E-state index contributed by atoms with van der Waals surface area (Å²) in [6, 6.07) is 9.76. The maximum atomic E-state index is 11.5. The molecule has 1 aromatic rings. The molecule has 1 unspecified atom stereocenters. The van der Waals surface area contributed by atoms with Crippen LogP contribution in [0.25, 0.3) is 0 Å². The van der Waals surface area contributed by atoms with Gasteiger partial charge in [0.2, 0.25) is 0 Å². The van der Waals surface area contributed by atoms with E-state index in [1.165, 1.54) is 0 Å². The maximum absolute atomic E-state index is 11.5. The lowest BCUT2D eigenvalue weighted by molar-refractivity contribution is -0.149. The highest BCUT2D eigenvalue weighted by molar-refractivity contribution is 5.75. The third-order valence-corrected chi connectivity index (χ3v) is 3.61. The molecule has 0 aliphatic heterocycles. The molecule has 0 radical (unpaired) electrons. The van der Waals surface area contributed by atoms with Gasteiger partial charge in [-0.2, -0.15) is 0 Å². The second-order valence-corrected chi connectivity index (χ2v) is 5.10. The van der Waals surface area contributed by atoms with E-state index in [1.807, 2.05) is 30.3 Å². The van der Waals surface area contributed by atoms with Crippen LogP contribution in [-0.2, 0) is 11.2 Å². The van der Waals surface area contributed by atoms with Crippen molar-refractivity contribution in [2.24, 2.45) is 17.1 Å². The Balaban J connectivity index is 2.16. The normalized spacial score (nSPS) is 18.6. The molecule has 17 heavy (non-hydrogen) atoms. The zero-order valence-electron chi connectivity index (χ0n) is 9.93. The molecule has 1 fully saturated rings. The molecule has 3 nitrogen and oxygen atoms in total. The molecule has 3 heteroatoms. The van der Waals surface area contributed by atoms with E-state index in [2.05, 4.69) is 0 Å². The average molecular weight is 233 g/mol. The van der Waals surface area contributed by atoms with E-state index in [-0.39, 0.29) is 6.54 Å². The van der Waals surface area contributed by atoms with Gasteiger partial charge in [0.25, 0.3) is 0 Å². The standard InChI is InChI=1S/C14H19NO2/c15-10-14(13(16)17,9-12-6-7-12)8-11-4-2-1-3-5-11/h1-5,12H,6-10,15H2,(H,16,17). The minimum absolute atomic E-state index is 0.216. The summed E-state index contributed by atoms with van der Waals surface area (Å²) in [5.41, 5.74) is 6.03. The molecule has 0 heterocycles. The first kappa shape index (κ1) is 12.1. The van der Waals surface area contributed by atoms with E-state index >= 15 is 0 Å². The van der Waals surface area contributed by atoms with Crippen LogP contribution in [0.5, 0.6) is 0 Å². The van der Waals surface area contributed by atoms with Crippen molar-refractivity contribution in [1.82, 2.24) is 0 Å². The van der Waals surface area contributed by atoms with Crippen molar-refractivity contribution in [3.8, 4) is 0 Å². The van der Waals surface area contributed by atoms with Gasteiger partial charge >= 0.3 is 5.97 Å². The number of carboxylic acids is 1. The fraction of sp³-hybridized carbons (Fsp3) is 0.500. The van der Waals surface area contributed by atoms with Gasteiger partial charge in [0.05, 0.1) is 5.41 Å². The number of aliphatic carboxylic acids is 1. The highest BCUT2D eigenvalue weighted by atomic mass is 16.4. The number of benzene rings is 1. The summed E-state index contributed by atoms with van der Waals surface area (Å²) in [6.07, 6.45) is 3.57. The van der Waals surface area contributed by atoms with Crippen molar-refractivity contribution in [2.75, 3.05) is 6.54 Å². The van der Waals surface area contributed by atoms with Crippen LogP contribution >= 0.6 is 0 Å². The Morgan fingerprint density at radius 2 is 2.00 bits per heavy atom. The summed E-state index contributed by atoms with van der Waals surface area (Å²) >= 11 is 0. The van der Waals surface area contributed by atoms with Gasteiger partial charge < -0.3 is 10.8 Å². The highest BCUT2D eigenvalue weighted by Crippen LogP contribution is 2.41. The zero-order chi connectivity index (χ0) is 12.3. The van der Waals surface area contributed by atoms with Crippen LogP contribution in [0.15, 0.2) is 30.3 Å². The lowest BCUT2D eigenvalue weighted by atomic mass is 9.77. The topological polar surface area (TPSA) is 63.3 Å². The first-order chi connectivity index (χ1) is 8.16. The first-order valence-corrected chi connectivity index (χ1v) is 6.14. The number of rotatable bonds is 6. The van der Waals surface area contributed by atoms with E-state index in [9.17, 15) is 9.90 Å². The van der Waals surface area contributed by atoms with Crippen LogP contribution in [-0.4, -0.2) is 17.6 Å². The van der Waals surface area contributed by atoms with Gasteiger partial charge in [-0.1, -0.05) is 43.2 Å². The van der Waals surface area contributed by atoms with Gasteiger partial charge in [-0.15, -0.1) is 0 Å². The molecule has 2 rings (SSSR count). The fourth-order valence-electron chi connectivity index (χ4n) is 2.34. The molecule has 92 valence electrons. The maximum Gasteiger partial charge on any atom is 0.311 e. The van der Waals surface area contributed by atoms with Crippen molar-refractivity contribution in [2.45, 2.75) is 25.7 Å². The molecule has 3 N–H and O–H groups in total. The molecule has 1 aliphatic rings. The molecule has 0 spiro atoms. The van der Waals surface area contributed by atoms with Crippen molar-refractivity contribution in [3.63, 3.8) is 0 Å². The number of carbonyl (C=O) groups is 1. The van der Waals surface area contributed by atoms with Gasteiger partial charge in [0.1, 0.15) is 0 Å². The third kappa shape index (κ3) is 2.86. The third-order valence-electron chi connectivity index (χ3n) is 3.61. The molecular weight excluding hydrogens is 214 g/mol. The van der Waals surface area contributed by atoms with Gasteiger partial charge in [-0.25, -0.2) is 0 Å². The summed E-state index contributed by atoms with van der Waals surface area (Å²) in [4.78, 5) is 11.5. The van der Waals surface area contributed by atoms with Gasteiger partial charge in [0.15, 0.2) is 0 Å². The van der Waals surface area contributed by atoms with Gasteiger partial charge in [-0.05, 0) is 24.3 Å². The molecule has 1 aliphatic carbocycles. The van der Waals surface area contributed by atoms with Crippen molar-refractivity contribution >= 4 is 5.97 Å². The minimum Gasteiger partial charge on any atom is -0.481 e. The quantitative estimate of drug-likeness (QED) is 0.790. The molecule has 0 saturated heterocycles. The number of hydrogen-bond acceptors (Lipinski definition) is 2. The summed E-state index contributed by atoms with van der Waals surface area (Å²) in [7, 11) is 0. The Morgan fingerprint density at radius 1 is 1.35 bits per heavy atom. The predicted octanol–water partition coefficient (Wildman–Crippen LogP) is 2.06. The molecule has 0 amide bonds. The number of carboxylic acid groups (broad SMARTS) is 1. The van der Waals surface area contributed by atoms with E-state index in [4.69, 9.17) is 5.73 Å². The van der Waals surface area contributed by atoms with E-state index in [0.717, 1.165) is 18.4 Å². The summed E-state index contributed by atoms with van der Waals surface area (Å²) in [5, 5.41) is 9.48. The molecule has 0 aromatic heterocycles. The lowest BCUT2D eigenvalue weighted by Crippen LogP contribution is -2.41. The molecule has 0 bridgehead atoms. The lowest BCUT2D eigenvalue weighted by Gasteiger charge is -2.28. The van der Waals surface area contributed by atoms with Crippen LogP contribution in [0, 0.1) is 11.3 Å². The Kier molecular flexibility index (Phi) is 3.48. The number of nitrogens with two attached hydrogens (primary N) is 1. The second-order valence-electron chi connectivity index (χ2n) is 5.10. The van der Waals surface area contributed by atoms with Crippen LogP contribution < -0.4 is 5.73 Å². The Labute approximate surface area is 102 Å². The Morgan fingerprint density at radius 3 is 2.47 bits per heavy atom. The van der Waals surface area contributed by atoms with Crippen LogP contribution in [0.4, 0.5) is 0 Å². The monoisotopic (exact) mass is 233 g/mol. The van der Waals surface area contributed by atoms with E-state index in [1.54, 1.807) is 0 Å². The number of hydrogen-bond donors (Lipinski definition) is 2.